The van der Waals surface area contributed by atoms with Gasteiger partial charge in [0.15, 0.2) is 9.84 Å². The Morgan fingerprint density at radius 1 is 1.15 bits per heavy atom. The molecule has 2 saturated heterocycles. The van der Waals surface area contributed by atoms with Gasteiger partial charge in [0.2, 0.25) is 0 Å². The summed E-state index contributed by atoms with van der Waals surface area (Å²) in [6, 6.07) is 3.57. The van der Waals surface area contributed by atoms with Crippen molar-refractivity contribution in [3.05, 3.63) is 35.4 Å². The van der Waals surface area contributed by atoms with E-state index in [0.717, 1.165) is 12.1 Å². The number of sulfone groups is 1. The van der Waals surface area contributed by atoms with Gasteiger partial charge in [-0.25, -0.2) is 17.2 Å². The van der Waals surface area contributed by atoms with Gasteiger partial charge in [-0.1, -0.05) is 6.07 Å². The highest BCUT2D eigenvalue weighted by molar-refractivity contribution is 7.93. The molecule has 2 heterocycles. The molecule has 2 bridgehead atoms. The van der Waals surface area contributed by atoms with Crippen LogP contribution in [0.2, 0.25) is 0 Å². The van der Waals surface area contributed by atoms with Gasteiger partial charge in [0, 0.05) is 12.0 Å². The van der Waals surface area contributed by atoms with E-state index in [1.54, 1.807) is 0 Å². The number of benzene rings is 1. The second-order valence-corrected chi connectivity index (χ2v) is 8.43. The molecular formula is C14H16F2O3S. The zero-order chi connectivity index (χ0) is 14.5. The van der Waals surface area contributed by atoms with E-state index in [-0.39, 0.29) is 24.8 Å². The van der Waals surface area contributed by atoms with Crippen LogP contribution in [0.1, 0.15) is 31.2 Å². The number of hydrogen-bond donors (Lipinski definition) is 1. The zero-order valence-electron chi connectivity index (χ0n) is 10.9. The van der Waals surface area contributed by atoms with Gasteiger partial charge >= 0.3 is 0 Å². The molecule has 2 fully saturated rings. The average molecular weight is 302 g/mol. The van der Waals surface area contributed by atoms with E-state index in [1.807, 2.05) is 0 Å². The summed E-state index contributed by atoms with van der Waals surface area (Å²) in [6.07, 6.45) is 1.04. The fourth-order valence-corrected chi connectivity index (χ4v) is 6.07. The molecular weight excluding hydrogens is 286 g/mol. The van der Waals surface area contributed by atoms with Crippen LogP contribution in [0.3, 0.4) is 0 Å². The maximum absolute atomic E-state index is 13.7. The van der Waals surface area contributed by atoms with E-state index < -0.39 is 37.6 Å². The van der Waals surface area contributed by atoms with Crippen LogP contribution in [0.15, 0.2) is 18.2 Å². The van der Waals surface area contributed by atoms with Crippen molar-refractivity contribution < 1.29 is 22.3 Å². The third kappa shape index (κ3) is 2.15. The number of aliphatic hydroxyl groups is 1. The number of rotatable bonds is 2. The zero-order valence-corrected chi connectivity index (χ0v) is 11.7. The van der Waals surface area contributed by atoms with Gasteiger partial charge in [-0.3, -0.25) is 0 Å². The normalized spacial score (nSPS) is 35.1. The van der Waals surface area contributed by atoms with Gasteiger partial charge in [-0.15, -0.1) is 0 Å². The molecule has 2 aliphatic rings. The topological polar surface area (TPSA) is 54.4 Å². The third-order valence-electron chi connectivity index (χ3n) is 4.52. The summed E-state index contributed by atoms with van der Waals surface area (Å²) in [4.78, 5) is 0. The van der Waals surface area contributed by atoms with Gasteiger partial charge in [0.05, 0.1) is 16.1 Å². The van der Waals surface area contributed by atoms with Gasteiger partial charge in [0.25, 0.3) is 0 Å². The first-order chi connectivity index (χ1) is 9.32. The molecule has 6 heteroatoms. The van der Waals surface area contributed by atoms with E-state index in [2.05, 4.69) is 0 Å². The van der Waals surface area contributed by atoms with E-state index in [9.17, 15) is 22.3 Å². The van der Waals surface area contributed by atoms with Crippen molar-refractivity contribution in [2.45, 2.75) is 48.2 Å². The van der Waals surface area contributed by atoms with E-state index in [4.69, 9.17) is 0 Å². The summed E-state index contributed by atoms with van der Waals surface area (Å²) in [5, 5.41) is 9.45. The first kappa shape index (κ1) is 13.9. The highest BCUT2D eigenvalue weighted by Crippen LogP contribution is 2.44. The SMILES string of the molecule is O=S1(=O)C2CCC1CC(O)(Cc1c(F)cccc1F)C2. The second-order valence-electron chi connectivity index (χ2n) is 5.92. The van der Waals surface area contributed by atoms with E-state index >= 15 is 0 Å². The molecule has 1 aromatic rings. The maximum atomic E-state index is 13.7. The monoisotopic (exact) mass is 302 g/mol. The van der Waals surface area contributed by atoms with Crippen LogP contribution >= 0.6 is 0 Å². The van der Waals surface area contributed by atoms with Crippen LogP contribution < -0.4 is 0 Å². The molecule has 2 aliphatic heterocycles. The molecule has 0 aliphatic carbocycles. The van der Waals surface area contributed by atoms with E-state index in [0.29, 0.717) is 12.8 Å². The number of halogens is 2. The predicted molar refractivity (Wildman–Crippen MR) is 70.0 cm³/mol. The van der Waals surface area contributed by atoms with E-state index in [1.165, 1.54) is 6.07 Å². The summed E-state index contributed by atoms with van der Waals surface area (Å²) in [7, 11) is -3.16. The Kier molecular flexibility index (Phi) is 3.14. The molecule has 3 rings (SSSR count). The number of hydrogen-bond acceptors (Lipinski definition) is 3. The maximum Gasteiger partial charge on any atom is 0.156 e. The molecule has 1 N–H and O–H groups in total. The average Bonchev–Trinajstić information content (AvgIpc) is 2.55. The molecule has 3 nitrogen and oxygen atoms in total. The van der Waals surface area contributed by atoms with Gasteiger partial charge in [-0.05, 0) is 37.8 Å². The Morgan fingerprint density at radius 2 is 1.65 bits per heavy atom. The molecule has 110 valence electrons. The summed E-state index contributed by atoms with van der Waals surface area (Å²) < 4.78 is 51.3. The molecule has 0 spiro atoms. The van der Waals surface area contributed by atoms with Crippen molar-refractivity contribution in [2.75, 3.05) is 0 Å². The van der Waals surface area contributed by atoms with Crippen LogP contribution in [0.25, 0.3) is 0 Å². The van der Waals surface area contributed by atoms with Crippen molar-refractivity contribution in [3.8, 4) is 0 Å². The van der Waals surface area contributed by atoms with Crippen LogP contribution in [-0.2, 0) is 16.3 Å². The standard InChI is InChI=1S/C14H16F2O3S/c15-12-2-1-3-13(16)11(12)8-14(17)6-9-4-5-10(7-14)20(9,18)19/h1-3,9-10,17H,4-8H2. The number of fused-ring (bicyclic) bond motifs is 2. The molecule has 2 atom stereocenters. The molecule has 0 aromatic heterocycles. The van der Waals surface area contributed by atoms with Crippen molar-refractivity contribution in [1.29, 1.82) is 0 Å². The highest BCUT2D eigenvalue weighted by atomic mass is 32.2. The van der Waals surface area contributed by atoms with Crippen LogP contribution in [0.5, 0.6) is 0 Å². The largest absolute Gasteiger partial charge is 0.389 e. The Hall–Kier alpha value is -1.01. The summed E-state index contributed by atoms with van der Waals surface area (Å²) in [6.45, 7) is 0. The van der Waals surface area contributed by atoms with Crippen molar-refractivity contribution in [1.82, 2.24) is 0 Å². The third-order valence-corrected chi connectivity index (χ3v) is 7.19. The van der Waals surface area contributed by atoms with Crippen LogP contribution in [0, 0.1) is 11.6 Å². The summed E-state index contributed by atoms with van der Waals surface area (Å²) >= 11 is 0. The first-order valence-corrected chi connectivity index (χ1v) is 8.31. The molecule has 1 aromatic carbocycles. The Balaban J connectivity index is 1.89. The van der Waals surface area contributed by atoms with Gasteiger partial charge < -0.3 is 5.11 Å². The smallest absolute Gasteiger partial charge is 0.156 e. The van der Waals surface area contributed by atoms with Crippen LogP contribution in [-0.4, -0.2) is 29.6 Å². The minimum atomic E-state index is -3.16. The molecule has 0 radical (unpaired) electrons. The second kappa shape index (κ2) is 4.49. The Labute approximate surface area is 116 Å². The quantitative estimate of drug-likeness (QED) is 0.909. The summed E-state index contributed by atoms with van der Waals surface area (Å²) in [5.74, 6) is -1.39. The van der Waals surface area contributed by atoms with Crippen molar-refractivity contribution >= 4 is 9.84 Å². The molecule has 2 unspecified atom stereocenters. The predicted octanol–water partition coefficient (Wildman–Crippen LogP) is 1.98. The fraction of sp³-hybridized carbons (Fsp3) is 0.571. The molecule has 0 amide bonds. The highest BCUT2D eigenvalue weighted by Gasteiger charge is 2.52. The molecule has 20 heavy (non-hydrogen) atoms. The van der Waals surface area contributed by atoms with Gasteiger partial charge in [0.1, 0.15) is 11.6 Å². The minimum absolute atomic E-state index is 0.0691. The van der Waals surface area contributed by atoms with Crippen molar-refractivity contribution in [3.63, 3.8) is 0 Å². The lowest BCUT2D eigenvalue weighted by atomic mass is 9.86. The minimum Gasteiger partial charge on any atom is -0.389 e. The fourth-order valence-electron chi connectivity index (χ4n) is 3.51. The van der Waals surface area contributed by atoms with Crippen molar-refractivity contribution in [2.24, 2.45) is 0 Å². The lowest BCUT2D eigenvalue weighted by molar-refractivity contribution is 0.0203. The lowest BCUT2D eigenvalue weighted by Gasteiger charge is -2.36. The Morgan fingerprint density at radius 3 is 2.15 bits per heavy atom. The Bertz CT molecular complexity index is 602. The first-order valence-electron chi connectivity index (χ1n) is 6.70. The van der Waals surface area contributed by atoms with Crippen LogP contribution in [0.4, 0.5) is 8.78 Å². The molecule has 0 saturated carbocycles. The van der Waals surface area contributed by atoms with Gasteiger partial charge in [-0.2, -0.15) is 0 Å². The lowest BCUT2D eigenvalue weighted by Crippen LogP contribution is -2.46. The summed E-state index contributed by atoms with van der Waals surface area (Å²) in [5.41, 5.74) is -1.49.